The van der Waals surface area contributed by atoms with Gasteiger partial charge in [0, 0.05) is 11.4 Å². The third kappa shape index (κ3) is 11.5. The number of nitrogens with two attached hydrogens (primary N) is 2. The van der Waals surface area contributed by atoms with Gasteiger partial charge in [0.2, 0.25) is 0 Å². The third-order valence-electron chi connectivity index (χ3n) is 12.7. The van der Waals surface area contributed by atoms with Crippen molar-refractivity contribution in [2.75, 3.05) is 11.5 Å². The summed E-state index contributed by atoms with van der Waals surface area (Å²) in [5, 5.41) is 0. The highest BCUT2D eigenvalue weighted by Crippen LogP contribution is 2.52. The molecule has 7 aromatic rings. The van der Waals surface area contributed by atoms with Crippen LogP contribution in [0.3, 0.4) is 0 Å². The number of nitrogen functional groups attached to an aromatic ring is 2. The van der Waals surface area contributed by atoms with Crippen LogP contribution in [0.2, 0.25) is 0 Å². The molecule has 4 N–H and O–H groups in total. The van der Waals surface area contributed by atoms with E-state index < -0.39 is 171 Å². The van der Waals surface area contributed by atoms with Crippen LogP contribution < -0.4 is 11.5 Å². The van der Waals surface area contributed by atoms with Gasteiger partial charge in [-0.2, -0.15) is 92.2 Å². The summed E-state index contributed by atoms with van der Waals surface area (Å²) in [6.07, 6.45) is -37.4. The molecule has 0 aliphatic rings. The van der Waals surface area contributed by atoms with Crippen LogP contribution in [-0.2, 0) is 43.2 Å². The quantitative estimate of drug-likeness (QED) is 0.129. The average molecular weight is 1110 g/mol. The van der Waals surface area contributed by atoms with Crippen molar-refractivity contribution in [2.45, 2.75) is 77.9 Å². The van der Waals surface area contributed by atoms with E-state index >= 15 is 39.5 Å². The predicted octanol–water partition coefficient (Wildman–Crippen LogP) is 19.5. The normalized spacial score (nSPS) is 13.2. The van der Waals surface area contributed by atoms with Crippen LogP contribution in [-0.4, -0.2) is 0 Å². The molecule has 0 saturated carbocycles. The van der Waals surface area contributed by atoms with Crippen LogP contribution in [0.25, 0.3) is 66.8 Å². The second kappa shape index (κ2) is 19.0. The zero-order chi connectivity index (χ0) is 57.8. The van der Waals surface area contributed by atoms with Gasteiger partial charge in [0.05, 0.1) is 38.9 Å². The first-order valence-electron chi connectivity index (χ1n) is 22.0. The first-order valence-corrected chi connectivity index (χ1v) is 22.0. The summed E-state index contributed by atoms with van der Waals surface area (Å²) >= 11 is 0. The minimum atomic E-state index is -5.49. The molecule has 7 rings (SSSR count). The molecule has 0 fully saturated rings. The molecular formula is C54H35F21N2. The Morgan fingerprint density at radius 2 is 0.429 bits per heavy atom. The van der Waals surface area contributed by atoms with E-state index in [0.29, 0.717) is 72.8 Å². The molecule has 77 heavy (non-hydrogen) atoms. The van der Waals surface area contributed by atoms with Crippen molar-refractivity contribution < 1.29 is 92.2 Å². The lowest BCUT2D eigenvalue weighted by Crippen LogP contribution is -2.13. The van der Waals surface area contributed by atoms with Gasteiger partial charge in [0.1, 0.15) is 0 Å². The van der Waals surface area contributed by atoms with Crippen molar-refractivity contribution in [1.82, 2.24) is 0 Å². The first-order chi connectivity index (χ1) is 35.0. The van der Waals surface area contributed by atoms with Gasteiger partial charge in [-0.25, -0.2) is 0 Å². The van der Waals surface area contributed by atoms with Crippen molar-refractivity contribution in [3.8, 4) is 66.8 Å². The van der Waals surface area contributed by atoms with Gasteiger partial charge in [-0.1, -0.05) is 0 Å². The summed E-state index contributed by atoms with van der Waals surface area (Å²) in [4.78, 5) is 0. The van der Waals surface area contributed by atoms with Gasteiger partial charge in [-0.15, -0.1) is 0 Å². The molecule has 0 bridgehead atoms. The monoisotopic (exact) mass is 1110 g/mol. The number of halogens is 21. The van der Waals surface area contributed by atoms with Crippen LogP contribution in [0.4, 0.5) is 104 Å². The van der Waals surface area contributed by atoms with Crippen molar-refractivity contribution in [2.24, 2.45) is 0 Å². The highest BCUT2D eigenvalue weighted by Gasteiger charge is 2.43. The molecule has 0 heterocycles. The van der Waals surface area contributed by atoms with Crippen LogP contribution in [0.15, 0.2) is 97.1 Å². The Morgan fingerprint density at radius 1 is 0.221 bits per heavy atom. The summed E-state index contributed by atoms with van der Waals surface area (Å²) in [6.45, 7) is 4.66. The van der Waals surface area contributed by atoms with Crippen molar-refractivity contribution in [1.29, 1.82) is 0 Å². The fraction of sp³-hybridized carbons (Fsp3) is 0.222. The van der Waals surface area contributed by atoms with E-state index in [2.05, 4.69) is 0 Å². The van der Waals surface area contributed by atoms with Gasteiger partial charge in [0.15, 0.2) is 0 Å². The molecule has 0 aliphatic carbocycles. The maximum atomic E-state index is 15.2. The van der Waals surface area contributed by atoms with Crippen LogP contribution in [0, 0.1) is 34.6 Å². The fourth-order valence-electron chi connectivity index (χ4n) is 9.26. The Hall–Kier alpha value is -7.33. The van der Waals surface area contributed by atoms with E-state index in [1.54, 1.807) is 0 Å². The molecule has 0 unspecified atom stereocenters. The maximum Gasteiger partial charge on any atom is 0.417 e. The van der Waals surface area contributed by atoms with Gasteiger partial charge in [-0.3, -0.25) is 0 Å². The number of alkyl halides is 21. The smallest absolute Gasteiger partial charge is 0.399 e. The van der Waals surface area contributed by atoms with Crippen molar-refractivity contribution >= 4 is 11.4 Å². The van der Waals surface area contributed by atoms with E-state index in [9.17, 15) is 52.7 Å². The first kappa shape index (κ1) is 57.4. The Kier molecular flexibility index (Phi) is 14.2. The van der Waals surface area contributed by atoms with Crippen molar-refractivity contribution in [3.63, 3.8) is 0 Å². The summed E-state index contributed by atoms with van der Waals surface area (Å²) < 4.78 is 309. The molecule has 0 spiro atoms. The number of rotatable bonds is 6. The SMILES string of the molecule is Cc1cc(C(F)(F)F)c(-c2cc(-c3cc(-c4cc(-c5cc(-c6cc(N)cc(C(F)(F)F)c6)c(C(F)(F)F)cc5C)c(C(F)(F)F)cc4C)c(C(F)(F)F)cc3C)c(C(F)(F)F)cc2C)cc1-c1cc(N)cc(C(F)(F)F)c1. The van der Waals surface area contributed by atoms with Crippen molar-refractivity contribution in [3.05, 3.63) is 164 Å². The molecule has 0 aromatic heterocycles. The lowest BCUT2D eigenvalue weighted by molar-refractivity contribution is -0.138. The fourth-order valence-corrected chi connectivity index (χ4v) is 9.26. The Morgan fingerprint density at radius 3 is 0.675 bits per heavy atom. The number of aryl methyl sites for hydroxylation is 5. The predicted molar refractivity (Wildman–Crippen MR) is 247 cm³/mol. The van der Waals surface area contributed by atoms with Gasteiger partial charge in [-0.05, 0) is 226 Å². The molecular weight excluding hydrogens is 1080 g/mol. The molecule has 0 atom stereocenters. The molecule has 23 heteroatoms. The largest absolute Gasteiger partial charge is 0.417 e. The van der Waals surface area contributed by atoms with Crippen LogP contribution in [0.1, 0.15) is 66.8 Å². The summed E-state index contributed by atoms with van der Waals surface area (Å²) in [5.74, 6) is 0. The summed E-state index contributed by atoms with van der Waals surface area (Å²) in [6, 6.07) is 7.79. The number of hydrogen-bond acceptors (Lipinski definition) is 2. The number of hydrogen-bond donors (Lipinski definition) is 2. The zero-order valence-corrected chi connectivity index (χ0v) is 39.8. The Labute approximate surface area is 422 Å². The topological polar surface area (TPSA) is 52.0 Å². The second-order valence-electron chi connectivity index (χ2n) is 18.2. The zero-order valence-electron chi connectivity index (χ0n) is 39.8. The highest BCUT2D eigenvalue weighted by atomic mass is 19.4. The molecule has 0 aliphatic heterocycles. The number of anilines is 2. The van der Waals surface area contributed by atoms with E-state index in [4.69, 9.17) is 11.5 Å². The summed E-state index contributed by atoms with van der Waals surface area (Å²) in [5.41, 5.74) is -13.8. The highest BCUT2D eigenvalue weighted by molar-refractivity contribution is 5.90. The lowest BCUT2D eigenvalue weighted by Gasteiger charge is -2.25. The van der Waals surface area contributed by atoms with Gasteiger partial charge >= 0.3 is 43.2 Å². The number of benzene rings is 7. The van der Waals surface area contributed by atoms with E-state index in [-0.39, 0.29) is 28.8 Å². The second-order valence-corrected chi connectivity index (χ2v) is 18.2. The molecule has 0 saturated heterocycles. The molecule has 7 aromatic carbocycles. The van der Waals surface area contributed by atoms with Crippen LogP contribution in [0.5, 0.6) is 0 Å². The minimum Gasteiger partial charge on any atom is -0.399 e. The van der Waals surface area contributed by atoms with Gasteiger partial charge < -0.3 is 11.5 Å². The van der Waals surface area contributed by atoms with E-state index in [0.717, 1.165) is 46.8 Å². The Bertz CT molecular complexity index is 3490. The average Bonchev–Trinajstić information content (AvgIpc) is 3.26. The van der Waals surface area contributed by atoms with E-state index in [1.165, 1.54) is 0 Å². The van der Waals surface area contributed by atoms with Crippen LogP contribution >= 0.6 is 0 Å². The third-order valence-corrected chi connectivity index (χ3v) is 12.7. The molecule has 0 radical (unpaired) electrons. The minimum absolute atomic E-state index is 0.231. The molecule has 0 amide bonds. The maximum absolute atomic E-state index is 15.2. The standard InChI is InChI=1S/C54H35F21N2/c1-22-6-44(51(64,65)66)39(17-33(22)27-11-29(48(55,56)57)15-31(76)13-27)35-19-41(46(8-24(35)3)53(70,71)72)37-21-42(47(10-26(37)5)54(73,74)75)36-20-40(45(9-25(36)4)52(67,68)69)34-18-38(43(7-23(34)2)50(61,62)63)28-12-30(49(58,59)60)16-32(77)14-28/h6-21H,76-77H2,1-5H3. The van der Waals surface area contributed by atoms with E-state index in [1.807, 2.05) is 0 Å². The summed E-state index contributed by atoms with van der Waals surface area (Å²) in [7, 11) is 0. The molecule has 408 valence electrons. The van der Waals surface area contributed by atoms with Gasteiger partial charge in [0.25, 0.3) is 0 Å². The molecule has 2 nitrogen and oxygen atoms in total. The lowest BCUT2D eigenvalue weighted by atomic mass is 9.82. The Balaban J connectivity index is 1.57.